The van der Waals surface area contributed by atoms with Gasteiger partial charge in [-0.1, -0.05) is 29.3 Å². The zero-order valence-electron chi connectivity index (χ0n) is 15.7. The van der Waals surface area contributed by atoms with E-state index in [4.69, 9.17) is 23.2 Å². The second-order valence-corrected chi connectivity index (χ2v) is 8.04. The van der Waals surface area contributed by atoms with E-state index in [2.05, 4.69) is 15.3 Å². The number of nitrogens with zero attached hydrogens (tertiary/aromatic N) is 2. The number of amides is 1. The Balaban J connectivity index is 1.97. The van der Waals surface area contributed by atoms with Crippen LogP contribution in [-0.4, -0.2) is 32.5 Å². The number of carbonyl (C=O) groups is 1. The second-order valence-electron chi connectivity index (χ2n) is 7.27. The number of pyridine rings is 2. The normalized spacial score (nSPS) is 19.0. The quantitative estimate of drug-likeness (QED) is 0.462. The molecule has 5 nitrogen and oxygen atoms in total. The third kappa shape index (κ3) is 5.24. The first kappa shape index (κ1) is 23.6. The molecule has 0 aromatic carbocycles. The van der Waals surface area contributed by atoms with Crippen LogP contribution in [0.2, 0.25) is 10.2 Å². The van der Waals surface area contributed by atoms with Gasteiger partial charge in [0.1, 0.15) is 16.9 Å². The summed E-state index contributed by atoms with van der Waals surface area (Å²) < 4.78 is 66.6. The Morgan fingerprint density at radius 3 is 2.35 bits per heavy atom. The predicted molar refractivity (Wildman–Crippen MR) is 102 cm³/mol. The maximum atomic E-state index is 13.6. The summed E-state index contributed by atoms with van der Waals surface area (Å²) >= 11 is 11.6. The third-order valence-electron chi connectivity index (χ3n) is 5.10. The van der Waals surface area contributed by atoms with Gasteiger partial charge >= 0.3 is 6.18 Å². The average molecular weight is 484 g/mol. The van der Waals surface area contributed by atoms with E-state index in [1.54, 1.807) is 0 Å². The summed E-state index contributed by atoms with van der Waals surface area (Å²) in [5.41, 5.74) is -3.78. The van der Waals surface area contributed by atoms with Gasteiger partial charge in [-0.3, -0.25) is 4.79 Å². The lowest BCUT2D eigenvalue weighted by molar-refractivity contribution is -0.137. The number of aromatic nitrogens is 2. The topological polar surface area (TPSA) is 75.1 Å². The smallest absolute Gasteiger partial charge is 0.387 e. The Kier molecular flexibility index (Phi) is 6.46. The van der Waals surface area contributed by atoms with Crippen LogP contribution in [0.3, 0.4) is 0 Å². The number of nitrogens with one attached hydrogen (secondary N) is 1. The van der Waals surface area contributed by atoms with Crippen molar-refractivity contribution >= 4 is 29.1 Å². The van der Waals surface area contributed by atoms with E-state index in [1.165, 1.54) is 18.2 Å². The van der Waals surface area contributed by atoms with E-state index in [9.17, 15) is 31.9 Å². The van der Waals surface area contributed by atoms with Gasteiger partial charge in [-0.05, 0) is 31.0 Å². The molecule has 31 heavy (non-hydrogen) atoms. The molecule has 12 heteroatoms. The molecule has 1 amide bonds. The third-order valence-corrected chi connectivity index (χ3v) is 5.70. The summed E-state index contributed by atoms with van der Waals surface area (Å²) in [6, 6.07) is 3.57. The highest BCUT2D eigenvalue weighted by Gasteiger charge is 2.48. The van der Waals surface area contributed by atoms with Crippen molar-refractivity contribution < 1.29 is 31.9 Å². The van der Waals surface area contributed by atoms with Crippen molar-refractivity contribution in [3.8, 4) is 0 Å². The van der Waals surface area contributed by atoms with Crippen molar-refractivity contribution in [2.75, 3.05) is 0 Å². The van der Waals surface area contributed by atoms with Crippen molar-refractivity contribution in [3.05, 3.63) is 57.6 Å². The summed E-state index contributed by atoms with van der Waals surface area (Å²) in [4.78, 5) is 20.4. The Labute approximate surface area is 183 Å². The molecule has 0 aliphatic heterocycles. The fourth-order valence-electron chi connectivity index (χ4n) is 3.43. The van der Waals surface area contributed by atoms with Crippen molar-refractivity contribution in [1.82, 2.24) is 15.3 Å². The lowest BCUT2D eigenvalue weighted by atomic mass is 9.76. The Bertz CT molecular complexity index is 977. The Morgan fingerprint density at radius 2 is 1.77 bits per heavy atom. The molecule has 0 bridgehead atoms. The van der Waals surface area contributed by atoms with E-state index >= 15 is 0 Å². The fraction of sp³-hybridized carbons (Fsp3) is 0.421. The maximum Gasteiger partial charge on any atom is 0.417 e. The maximum absolute atomic E-state index is 13.6. The summed E-state index contributed by atoms with van der Waals surface area (Å²) in [7, 11) is 0. The first-order chi connectivity index (χ1) is 14.3. The molecule has 2 aromatic rings. The summed E-state index contributed by atoms with van der Waals surface area (Å²) in [5.74, 6) is -4.11. The van der Waals surface area contributed by atoms with Crippen LogP contribution in [0.5, 0.6) is 0 Å². The van der Waals surface area contributed by atoms with Crippen LogP contribution >= 0.6 is 23.2 Å². The molecular formula is C19H16Cl2F5N3O2. The van der Waals surface area contributed by atoms with Gasteiger partial charge in [-0.2, -0.15) is 13.2 Å². The van der Waals surface area contributed by atoms with E-state index in [0.29, 0.717) is 6.07 Å². The first-order valence-electron chi connectivity index (χ1n) is 9.08. The molecule has 1 aliphatic rings. The molecule has 1 aliphatic carbocycles. The first-order valence-corrected chi connectivity index (χ1v) is 9.83. The average Bonchev–Trinajstić information content (AvgIpc) is 2.67. The Hall–Kier alpha value is -2.04. The van der Waals surface area contributed by atoms with E-state index in [1.807, 2.05) is 0 Å². The molecule has 1 atom stereocenters. The molecule has 2 aromatic heterocycles. The van der Waals surface area contributed by atoms with Crippen molar-refractivity contribution in [2.24, 2.45) is 0 Å². The van der Waals surface area contributed by atoms with Gasteiger partial charge in [0.15, 0.2) is 0 Å². The van der Waals surface area contributed by atoms with Crippen LogP contribution < -0.4 is 5.32 Å². The molecule has 1 saturated carbocycles. The van der Waals surface area contributed by atoms with Crippen molar-refractivity contribution in [2.45, 2.75) is 49.4 Å². The number of hydrogen-bond acceptors (Lipinski definition) is 4. The van der Waals surface area contributed by atoms with Crippen molar-refractivity contribution in [1.29, 1.82) is 0 Å². The lowest BCUT2D eigenvalue weighted by Gasteiger charge is -2.41. The van der Waals surface area contributed by atoms with Gasteiger partial charge < -0.3 is 10.4 Å². The molecule has 1 unspecified atom stereocenters. The van der Waals surface area contributed by atoms with Gasteiger partial charge in [0.05, 0.1) is 21.9 Å². The van der Waals surface area contributed by atoms with Gasteiger partial charge in [-0.15, -0.1) is 0 Å². The number of alkyl halides is 5. The Morgan fingerprint density at radius 1 is 1.13 bits per heavy atom. The number of carbonyl (C=O) groups excluding carboxylic acids is 1. The highest BCUT2D eigenvalue weighted by atomic mass is 35.5. The van der Waals surface area contributed by atoms with Gasteiger partial charge in [-0.25, -0.2) is 18.7 Å². The van der Waals surface area contributed by atoms with E-state index < -0.39 is 58.8 Å². The highest BCUT2D eigenvalue weighted by Crippen LogP contribution is 2.44. The number of halogens is 7. The fourth-order valence-corrected chi connectivity index (χ4v) is 3.90. The predicted octanol–water partition coefficient (Wildman–Crippen LogP) is 5.21. The van der Waals surface area contributed by atoms with Crippen LogP contribution in [0.25, 0.3) is 0 Å². The molecule has 2 N–H and O–H groups in total. The molecular weight excluding hydrogens is 468 g/mol. The summed E-state index contributed by atoms with van der Waals surface area (Å²) in [5, 5.41) is 12.5. The zero-order chi connectivity index (χ0) is 23.0. The van der Waals surface area contributed by atoms with Gasteiger partial charge in [0, 0.05) is 19.0 Å². The largest absolute Gasteiger partial charge is 0.417 e. The second kappa shape index (κ2) is 8.48. The van der Waals surface area contributed by atoms with Gasteiger partial charge in [0.2, 0.25) is 5.92 Å². The zero-order valence-corrected chi connectivity index (χ0v) is 17.2. The molecule has 0 saturated heterocycles. The summed E-state index contributed by atoms with van der Waals surface area (Å²) in [6.07, 6.45) is -6.11. The van der Waals surface area contributed by atoms with Crippen LogP contribution in [0.15, 0.2) is 30.5 Å². The van der Waals surface area contributed by atoms with Crippen LogP contribution in [0.1, 0.15) is 53.5 Å². The van der Waals surface area contributed by atoms with E-state index in [-0.39, 0.29) is 23.7 Å². The minimum atomic E-state index is -4.82. The van der Waals surface area contributed by atoms with Crippen LogP contribution in [-0.2, 0) is 6.18 Å². The minimum Gasteiger partial charge on any atom is -0.387 e. The number of aliphatic hydroxyl groups is 1. The van der Waals surface area contributed by atoms with E-state index in [0.717, 1.165) is 6.20 Å². The molecule has 0 spiro atoms. The SMILES string of the molecule is O=C(NC(c1cccc(Cl)n1)C1(O)CCC(F)(F)CC1)c1nccc(C(F)(F)F)c1Cl. The lowest BCUT2D eigenvalue weighted by Crippen LogP contribution is -2.50. The standard InChI is InChI=1S/C19H16Cl2F5N3O2/c20-12-3-1-2-11(28-12)15(17(31)5-7-18(22,23)8-6-17)29-16(30)14-13(21)10(4-9-27-14)19(24,25)26/h1-4,9,15,31H,5-8H2,(H,29,30). The van der Waals surface area contributed by atoms with Gasteiger partial charge in [0.25, 0.3) is 5.91 Å². The molecule has 0 radical (unpaired) electrons. The molecule has 168 valence electrons. The highest BCUT2D eigenvalue weighted by molar-refractivity contribution is 6.34. The molecule has 3 rings (SSSR count). The van der Waals surface area contributed by atoms with Crippen LogP contribution in [0.4, 0.5) is 22.0 Å². The molecule has 1 fully saturated rings. The van der Waals surface area contributed by atoms with Crippen LogP contribution in [0, 0.1) is 0 Å². The minimum absolute atomic E-state index is 0.0108. The van der Waals surface area contributed by atoms with Crippen molar-refractivity contribution in [3.63, 3.8) is 0 Å². The molecule has 2 heterocycles. The monoisotopic (exact) mass is 483 g/mol. The summed E-state index contributed by atoms with van der Waals surface area (Å²) in [6.45, 7) is 0. The number of rotatable bonds is 4. The number of hydrogen-bond donors (Lipinski definition) is 2.